The third-order valence-electron chi connectivity index (χ3n) is 2.21. The van der Waals surface area contributed by atoms with Gasteiger partial charge in [0.05, 0.1) is 4.92 Å². The second kappa shape index (κ2) is 7.33. The molecular formula is C11H12BrClN2O3. The molecule has 0 bridgehead atoms. The fraction of sp³-hybridized carbons (Fsp3) is 0.364. The Morgan fingerprint density at radius 1 is 1.44 bits per heavy atom. The lowest BCUT2D eigenvalue weighted by Crippen LogP contribution is -2.11. The lowest BCUT2D eigenvalue weighted by molar-refractivity contribution is -0.384. The summed E-state index contributed by atoms with van der Waals surface area (Å²) in [5.41, 5.74) is 0.171. The van der Waals surface area contributed by atoms with E-state index in [9.17, 15) is 14.9 Å². The van der Waals surface area contributed by atoms with E-state index in [2.05, 4.69) is 21.2 Å². The highest BCUT2D eigenvalue weighted by Gasteiger charge is 2.13. The first-order valence-corrected chi connectivity index (χ1v) is 6.84. The number of alkyl halides is 1. The molecule has 0 aliphatic heterocycles. The normalized spacial score (nSPS) is 10.1. The Labute approximate surface area is 118 Å². The van der Waals surface area contributed by atoms with E-state index in [1.54, 1.807) is 0 Å². The molecule has 0 aliphatic rings. The van der Waals surface area contributed by atoms with Gasteiger partial charge >= 0.3 is 0 Å². The van der Waals surface area contributed by atoms with E-state index in [0.29, 0.717) is 12.1 Å². The van der Waals surface area contributed by atoms with Crippen molar-refractivity contribution in [3.63, 3.8) is 0 Å². The summed E-state index contributed by atoms with van der Waals surface area (Å²) in [6.45, 7) is 0. The maximum Gasteiger partial charge on any atom is 0.289 e. The van der Waals surface area contributed by atoms with Gasteiger partial charge in [0, 0.05) is 23.5 Å². The summed E-state index contributed by atoms with van der Waals surface area (Å²) in [6.07, 6.45) is 2.07. The lowest BCUT2D eigenvalue weighted by atomic mass is 10.2. The van der Waals surface area contributed by atoms with E-state index in [-0.39, 0.29) is 16.6 Å². The minimum absolute atomic E-state index is 0.0530. The number of nitrogens with one attached hydrogen (secondary N) is 1. The van der Waals surface area contributed by atoms with Gasteiger partial charge in [0.15, 0.2) is 0 Å². The number of anilines is 1. The van der Waals surface area contributed by atoms with E-state index >= 15 is 0 Å². The number of unbranched alkanes of at least 4 members (excludes halogenated alkanes) is 1. The Hall–Kier alpha value is -1.14. The number of amides is 1. The van der Waals surface area contributed by atoms with Crippen LogP contribution < -0.4 is 5.32 Å². The second-order valence-electron chi connectivity index (χ2n) is 3.62. The summed E-state index contributed by atoms with van der Waals surface area (Å²) in [4.78, 5) is 21.6. The van der Waals surface area contributed by atoms with Crippen LogP contribution in [-0.4, -0.2) is 16.2 Å². The Morgan fingerprint density at radius 3 is 2.78 bits per heavy atom. The molecule has 0 atom stereocenters. The van der Waals surface area contributed by atoms with Crippen molar-refractivity contribution in [3.8, 4) is 0 Å². The quantitative estimate of drug-likeness (QED) is 0.372. The number of rotatable bonds is 6. The number of halogens is 2. The summed E-state index contributed by atoms with van der Waals surface area (Å²) < 4.78 is 0. The highest BCUT2D eigenvalue weighted by atomic mass is 79.9. The lowest BCUT2D eigenvalue weighted by Gasteiger charge is -2.05. The van der Waals surface area contributed by atoms with Crippen molar-refractivity contribution < 1.29 is 9.72 Å². The predicted octanol–water partition coefficient (Wildman–Crippen LogP) is 3.75. The number of hydrogen-bond acceptors (Lipinski definition) is 3. The molecule has 18 heavy (non-hydrogen) atoms. The minimum atomic E-state index is -0.581. The van der Waals surface area contributed by atoms with E-state index in [0.717, 1.165) is 18.2 Å². The van der Waals surface area contributed by atoms with E-state index in [1.807, 2.05) is 0 Å². The van der Waals surface area contributed by atoms with Gasteiger partial charge in [-0.05, 0) is 25.0 Å². The van der Waals surface area contributed by atoms with E-state index in [1.165, 1.54) is 18.2 Å². The van der Waals surface area contributed by atoms with Gasteiger partial charge in [-0.15, -0.1) is 0 Å². The zero-order chi connectivity index (χ0) is 13.5. The van der Waals surface area contributed by atoms with Crippen LogP contribution in [0.1, 0.15) is 19.3 Å². The van der Waals surface area contributed by atoms with Crippen molar-refractivity contribution in [1.82, 2.24) is 0 Å². The van der Waals surface area contributed by atoms with Crippen molar-refractivity contribution >= 4 is 44.8 Å². The average Bonchev–Trinajstić information content (AvgIpc) is 2.31. The number of nitrogens with zero attached hydrogens (tertiary/aromatic N) is 1. The molecule has 7 heteroatoms. The monoisotopic (exact) mass is 334 g/mol. The van der Waals surface area contributed by atoms with Crippen molar-refractivity contribution in [1.29, 1.82) is 0 Å². The zero-order valence-corrected chi connectivity index (χ0v) is 11.8. The number of hydrogen-bond donors (Lipinski definition) is 1. The van der Waals surface area contributed by atoms with E-state index < -0.39 is 4.92 Å². The highest BCUT2D eigenvalue weighted by Crippen LogP contribution is 2.27. The van der Waals surface area contributed by atoms with Crippen LogP contribution in [0.2, 0.25) is 5.02 Å². The molecule has 0 spiro atoms. The maximum absolute atomic E-state index is 11.5. The van der Waals surface area contributed by atoms with Gasteiger partial charge in [-0.3, -0.25) is 14.9 Å². The first kappa shape index (κ1) is 14.9. The summed E-state index contributed by atoms with van der Waals surface area (Å²) in [5, 5.41) is 14.2. The molecule has 0 unspecified atom stereocenters. The molecule has 0 fully saturated rings. The molecule has 0 saturated carbocycles. The molecule has 1 N–H and O–H groups in total. The molecule has 1 rings (SSSR count). The SMILES string of the molecule is O=C(CCCCBr)Nc1ccc(Cl)c([N+](=O)[O-])c1. The fourth-order valence-electron chi connectivity index (χ4n) is 1.33. The van der Waals surface area contributed by atoms with Crippen LogP contribution in [0.5, 0.6) is 0 Å². The third kappa shape index (κ3) is 4.62. The van der Waals surface area contributed by atoms with Crippen molar-refractivity contribution in [2.45, 2.75) is 19.3 Å². The van der Waals surface area contributed by atoms with Gasteiger partial charge in [-0.1, -0.05) is 27.5 Å². The van der Waals surface area contributed by atoms with Gasteiger partial charge in [0.2, 0.25) is 5.91 Å². The molecule has 0 aromatic heterocycles. The third-order valence-corrected chi connectivity index (χ3v) is 3.09. The first-order chi connectivity index (χ1) is 8.54. The summed E-state index contributed by atoms with van der Waals surface area (Å²) in [5.74, 6) is -0.160. The van der Waals surface area contributed by atoms with Crippen LogP contribution in [0.4, 0.5) is 11.4 Å². The van der Waals surface area contributed by atoms with Crippen LogP contribution in [0, 0.1) is 10.1 Å². The molecule has 1 aromatic carbocycles. The summed E-state index contributed by atoms with van der Waals surface area (Å²) in [6, 6.07) is 4.19. The Balaban J connectivity index is 2.65. The smallest absolute Gasteiger partial charge is 0.289 e. The average molecular weight is 336 g/mol. The van der Waals surface area contributed by atoms with Crippen molar-refractivity contribution in [2.75, 3.05) is 10.6 Å². The topological polar surface area (TPSA) is 72.2 Å². The number of carbonyl (C=O) groups is 1. The minimum Gasteiger partial charge on any atom is -0.326 e. The van der Waals surface area contributed by atoms with Gasteiger partial charge in [0.25, 0.3) is 5.69 Å². The molecule has 98 valence electrons. The van der Waals surface area contributed by atoms with Crippen LogP contribution >= 0.6 is 27.5 Å². The Bertz CT molecular complexity index is 454. The fourth-order valence-corrected chi connectivity index (χ4v) is 1.92. The maximum atomic E-state index is 11.5. The van der Waals surface area contributed by atoms with Gasteiger partial charge in [0.1, 0.15) is 5.02 Å². The van der Waals surface area contributed by atoms with Crippen LogP contribution in [-0.2, 0) is 4.79 Å². The van der Waals surface area contributed by atoms with Crippen LogP contribution in [0.25, 0.3) is 0 Å². The molecule has 0 radical (unpaired) electrons. The first-order valence-electron chi connectivity index (χ1n) is 5.34. The second-order valence-corrected chi connectivity index (χ2v) is 4.82. The van der Waals surface area contributed by atoms with E-state index in [4.69, 9.17) is 11.6 Å². The molecule has 0 aliphatic carbocycles. The molecule has 1 aromatic rings. The van der Waals surface area contributed by atoms with Gasteiger partial charge < -0.3 is 5.32 Å². The molecule has 5 nitrogen and oxygen atoms in total. The molecular weight excluding hydrogens is 323 g/mol. The molecule has 1 amide bonds. The summed E-state index contributed by atoms with van der Waals surface area (Å²) in [7, 11) is 0. The number of carbonyl (C=O) groups excluding carboxylic acids is 1. The Kier molecular flexibility index (Phi) is 6.07. The van der Waals surface area contributed by atoms with Crippen molar-refractivity contribution in [2.24, 2.45) is 0 Å². The summed E-state index contributed by atoms with van der Waals surface area (Å²) >= 11 is 8.95. The largest absolute Gasteiger partial charge is 0.326 e. The van der Waals surface area contributed by atoms with Crippen molar-refractivity contribution in [3.05, 3.63) is 33.3 Å². The molecule has 0 saturated heterocycles. The van der Waals surface area contributed by atoms with Crippen LogP contribution in [0.15, 0.2) is 18.2 Å². The number of nitro groups is 1. The predicted molar refractivity (Wildman–Crippen MR) is 74.4 cm³/mol. The zero-order valence-electron chi connectivity index (χ0n) is 9.49. The number of benzene rings is 1. The molecule has 0 heterocycles. The standard InChI is InChI=1S/C11H12BrClN2O3/c12-6-2-1-3-11(16)14-8-4-5-9(13)10(7-8)15(17)18/h4-5,7H,1-3,6H2,(H,14,16). The Morgan fingerprint density at radius 2 is 2.17 bits per heavy atom. The highest BCUT2D eigenvalue weighted by molar-refractivity contribution is 9.09. The van der Waals surface area contributed by atoms with Crippen LogP contribution in [0.3, 0.4) is 0 Å². The van der Waals surface area contributed by atoms with Gasteiger partial charge in [-0.25, -0.2) is 0 Å². The number of nitro benzene ring substituents is 1. The van der Waals surface area contributed by atoms with Gasteiger partial charge in [-0.2, -0.15) is 0 Å².